The number of rotatable bonds is 2. The monoisotopic (exact) mass is 295 g/mol. The lowest BCUT2D eigenvalue weighted by Crippen LogP contribution is -2.34. The van der Waals surface area contributed by atoms with Crippen LogP contribution in [-0.2, 0) is 9.63 Å². The molecule has 0 spiro atoms. The van der Waals surface area contributed by atoms with Gasteiger partial charge in [0.05, 0.1) is 11.1 Å². The fraction of sp³-hybridized carbons (Fsp3) is 0.250. The SMILES string of the molecule is O=C(ON1C(=O)c2ccccc2C1=O)C1SCCS1. The van der Waals surface area contributed by atoms with Gasteiger partial charge in [-0.15, -0.1) is 23.5 Å². The summed E-state index contributed by atoms with van der Waals surface area (Å²) >= 11 is 2.92. The molecular weight excluding hydrogens is 286 g/mol. The normalized spacial score (nSPS) is 18.8. The van der Waals surface area contributed by atoms with Gasteiger partial charge in [-0.1, -0.05) is 17.2 Å². The molecule has 0 bridgehead atoms. The maximum atomic E-state index is 12.0. The van der Waals surface area contributed by atoms with E-state index in [-0.39, 0.29) is 15.7 Å². The quantitative estimate of drug-likeness (QED) is 0.771. The van der Waals surface area contributed by atoms with Crippen LogP contribution in [0, 0.1) is 0 Å². The number of hydrogen-bond donors (Lipinski definition) is 0. The first-order valence-corrected chi connectivity index (χ1v) is 7.71. The zero-order valence-corrected chi connectivity index (χ0v) is 11.3. The molecule has 0 aromatic heterocycles. The number of nitrogens with zero attached hydrogens (tertiary/aromatic N) is 1. The highest BCUT2D eigenvalue weighted by atomic mass is 32.2. The Morgan fingerprint density at radius 1 is 1.11 bits per heavy atom. The van der Waals surface area contributed by atoms with Gasteiger partial charge >= 0.3 is 5.97 Å². The number of hydrogen-bond acceptors (Lipinski definition) is 6. The zero-order valence-electron chi connectivity index (χ0n) is 9.70. The van der Waals surface area contributed by atoms with E-state index in [4.69, 9.17) is 4.84 Å². The average Bonchev–Trinajstić information content (AvgIpc) is 3.03. The predicted octanol–water partition coefficient (Wildman–Crippen LogP) is 1.55. The highest BCUT2D eigenvalue weighted by Crippen LogP contribution is 2.33. The fourth-order valence-corrected chi connectivity index (χ4v) is 4.40. The topological polar surface area (TPSA) is 63.7 Å². The first kappa shape index (κ1) is 12.6. The zero-order chi connectivity index (χ0) is 13.4. The third kappa shape index (κ3) is 2.12. The molecule has 0 radical (unpaired) electrons. The van der Waals surface area contributed by atoms with Gasteiger partial charge in [0.15, 0.2) is 4.58 Å². The Labute approximate surface area is 117 Å². The van der Waals surface area contributed by atoms with E-state index in [9.17, 15) is 14.4 Å². The molecule has 2 heterocycles. The van der Waals surface area contributed by atoms with Gasteiger partial charge < -0.3 is 4.84 Å². The molecule has 2 amide bonds. The summed E-state index contributed by atoms with van der Waals surface area (Å²) in [4.78, 5) is 40.7. The molecule has 0 unspecified atom stereocenters. The average molecular weight is 295 g/mol. The highest BCUT2D eigenvalue weighted by Gasteiger charge is 2.40. The lowest BCUT2D eigenvalue weighted by Gasteiger charge is -2.14. The van der Waals surface area contributed by atoms with Crippen LogP contribution in [0.15, 0.2) is 24.3 Å². The van der Waals surface area contributed by atoms with Crippen LogP contribution in [-0.4, -0.2) is 38.9 Å². The van der Waals surface area contributed by atoms with Gasteiger partial charge in [0, 0.05) is 11.5 Å². The van der Waals surface area contributed by atoms with E-state index in [0.717, 1.165) is 11.5 Å². The second kappa shape index (κ2) is 4.90. The molecule has 98 valence electrons. The molecule has 7 heteroatoms. The van der Waals surface area contributed by atoms with Crippen molar-refractivity contribution in [2.45, 2.75) is 4.58 Å². The maximum absolute atomic E-state index is 12.0. The first-order valence-electron chi connectivity index (χ1n) is 5.61. The fourth-order valence-electron chi connectivity index (χ4n) is 1.88. The van der Waals surface area contributed by atoms with Crippen molar-refractivity contribution >= 4 is 41.3 Å². The van der Waals surface area contributed by atoms with E-state index in [1.54, 1.807) is 24.3 Å². The van der Waals surface area contributed by atoms with Crippen molar-refractivity contribution < 1.29 is 19.2 Å². The summed E-state index contributed by atoms with van der Waals surface area (Å²) in [6.45, 7) is 0. The maximum Gasteiger partial charge on any atom is 0.355 e. The van der Waals surface area contributed by atoms with Crippen LogP contribution in [0.4, 0.5) is 0 Å². The number of imide groups is 1. The number of carbonyl (C=O) groups excluding carboxylic acids is 3. The number of hydroxylamine groups is 2. The summed E-state index contributed by atoms with van der Waals surface area (Å²) < 4.78 is -0.357. The largest absolute Gasteiger partial charge is 0.355 e. The van der Waals surface area contributed by atoms with Crippen LogP contribution in [0.1, 0.15) is 20.7 Å². The minimum absolute atomic E-state index is 0.270. The van der Waals surface area contributed by atoms with Crippen LogP contribution < -0.4 is 0 Å². The van der Waals surface area contributed by atoms with Crippen LogP contribution in [0.25, 0.3) is 0 Å². The van der Waals surface area contributed by atoms with E-state index in [1.807, 2.05) is 0 Å². The van der Waals surface area contributed by atoms with E-state index < -0.39 is 17.8 Å². The van der Waals surface area contributed by atoms with Crippen molar-refractivity contribution in [2.75, 3.05) is 11.5 Å². The number of carbonyl (C=O) groups is 3. The predicted molar refractivity (Wildman–Crippen MR) is 71.7 cm³/mol. The van der Waals surface area contributed by atoms with Crippen LogP contribution >= 0.6 is 23.5 Å². The molecule has 0 aliphatic carbocycles. The lowest BCUT2D eigenvalue weighted by molar-refractivity contribution is -0.165. The minimum Gasteiger partial charge on any atom is -0.328 e. The standard InChI is InChI=1S/C12H9NO4S2/c14-9-7-3-1-2-4-8(7)10(15)13(9)17-11(16)12-18-5-6-19-12/h1-4,12H,5-6H2. The van der Waals surface area contributed by atoms with Gasteiger partial charge in [-0.2, -0.15) is 0 Å². The second-order valence-electron chi connectivity index (χ2n) is 3.93. The molecule has 19 heavy (non-hydrogen) atoms. The Morgan fingerprint density at radius 2 is 1.63 bits per heavy atom. The van der Waals surface area contributed by atoms with Crippen LogP contribution in [0.5, 0.6) is 0 Å². The Hall–Kier alpha value is -1.47. The van der Waals surface area contributed by atoms with Gasteiger partial charge in [0.1, 0.15) is 0 Å². The van der Waals surface area contributed by atoms with Crippen molar-refractivity contribution in [2.24, 2.45) is 0 Å². The summed E-state index contributed by atoms with van der Waals surface area (Å²) in [6, 6.07) is 6.42. The van der Waals surface area contributed by atoms with E-state index in [2.05, 4.69) is 0 Å². The summed E-state index contributed by atoms with van der Waals surface area (Å²) in [7, 11) is 0. The van der Waals surface area contributed by atoms with Gasteiger partial charge in [0.2, 0.25) is 0 Å². The van der Waals surface area contributed by atoms with Gasteiger partial charge in [-0.05, 0) is 12.1 Å². The number of fused-ring (bicyclic) bond motifs is 1. The van der Waals surface area contributed by atoms with Crippen LogP contribution in [0.3, 0.4) is 0 Å². The van der Waals surface area contributed by atoms with Crippen LogP contribution in [0.2, 0.25) is 0 Å². The van der Waals surface area contributed by atoms with E-state index in [1.165, 1.54) is 23.5 Å². The molecule has 2 aliphatic heterocycles. The summed E-state index contributed by atoms with van der Waals surface area (Å²) in [6.07, 6.45) is 0. The number of benzene rings is 1. The van der Waals surface area contributed by atoms with Crippen molar-refractivity contribution in [1.29, 1.82) is 0 Å². The minimum atomic E-state index is -0.582. The Kier molecular flexibility index (Phi) is 3.24. The summed E-state index contributed by atoms with van der Waals surface area (Å²) in [5.41, 5.74) is 0.541. The molecule has 1 fully saturated rings. The third-order valence-electron chi connectivity index (χ3n) is 2.75. The van der Waals surface area contributed by atoms with E-state index in [0.29, 0.717) is 5.06 Å². The summed E-state index contributed by atoms with van der Waals surface area (Å²) in [5, 5.41) is 0.562. The molecule has 0 atom stereocenters. The number of amides is 2. The molecule has 1 aromatic carbocycles. The second-order valence-corrected chi connectivity index (χ2v) is 6.66. The summed E-state index contributed by atoms with van der Waals surface area (Å²) in [5.74, 6) is 0.0185. The lowest BCUT2D eigenvalue weighted by atomic mass is 10.1. The van der Waals surface area contributed by atoms with Crippen molar-refractivity contribution in [3.05, 3.63) is 35.4 Å². The Morgan fingerprint density at radius 3 is 2.16 bits per heavy atom. The van der Waals surface area contributed by atoms with Crippen molar-refractivity contribution in [3.8, 4) is 0 Å². The van der Waals surface area contributed by atoms with Crippen molar-refractivity contribution in [3.63, 3.8) is 0 Å². The molecule has 5 nitrogen and oxygen atoms in total. The Bertz CT molecular complexity index is 534. The molecule has 3 rings (SSSR count). The smallest absolute Gasteiger partial charge is 0.328 e. The molecule has 0 N–H and O–H groups in total. The molecule has 1 aromatic rings. The van der Waals surface area contributed by atoms with Gasteiger partial charge in [0.25, 0.3) is 11.8 Å². The van der Waals surface area contributed by atoms with Gasteiger partial charge in [-0.3, -0.25) is 9.59 Å². The Balaban J connectivity index is 1.78. The van der Waals surface area contributed by atoms with E-state index >= 15 is 0 Å². The molecule has 1 saturated heterocycles. The molecule has 0 saturated carbocycles. The van der Waals surface area contributed by atoms with Gasteiger partial charge in [-0.25, -0.2) is 4.79 Å². The molecular formula is C12H9NO4S2. The first-order chi connectivity index (χ1) is 9.18. The highest BCUT2D eigenvalue weighted by molar-refractivity contribution is 8.21. The third-order valence-corrected chi connectivity index (χ3v) is 5.70. The number of thioether (sulfide) groups is 2. The molecule has 2 aliphatic rings. The van der Waals surface area contributed by atoms with Crippen molar-refractivity contribution in [1.82, 2.24) is 5.06 Å².